The average molecular weight is 633 g/mol. The largest absolute Gasteiger partial charge is 0.483 e. The summed E-state index contributed by atoms with van der Waals surface area (Å²) < 4.78 is 0. The van der Waals surface area contributed by atoms with E-state index < -0.39 is 5.60 Å². The number of hydrogen-bond acceptors (Lipinski definition) is 5. The molecule has 0 saturated carbocycles. The number of hydrogen-bond donors (Lipinski definition) is 3. The van der Waals surface area contributed by atoms with Crippen molar-refractivity contribution in [2.75, 3.05) is 6.54 Å². The zero-order valence-corrected chi connectivity index (χ0v) is 26.8. The molecule has 3 rings (SSSR count). The lowest BCUT2D eigenvalue weighted by Crippen LogP contribution is -2.23. The summed E-state index contributed by atoms with van der Waals surface area (Å²) in [5.74, 6) is -0.234. The Morgan fingerprint density at radius 2 is 1.55 bits per heavy atom. The normalized spacial score (nSPS) is 9.74. The molecule has 0 aromatic heterocycles. The lowest BCUT2D eigenvalue weighted by Gasteiger charge is -2.12. The maximum atomic E-state index is 11.5. The van der Waals surface area contributed by atoms with Crippen LogP contribution in [0.3, 0.4) is 0 Å². The summed E-state index contributed by atoms with van der Waals surface area (Å²) in [7, 11) is 0. The molecule has 0 aliphatic carbocycles. The minimum atomic E-state index is -0.500. The monoisotopic (exact) mass is 631 g/mol. The lowest BCUT2D eigenvalue weighted by atomic mass is 9.96. The van der Waals surface area contributed by atoms with Crippen molar-refractivity contribution in [2.45, 2.75) is 47.1 Å². The van der Waals surface area contributed by atoms with Gasteiger partial charge in [-0.25, -0.2) is 0 Å². The molecule has 0 unspecified atom stereocenters. The van der Waals surface area contributed by atoms with Crippen LogP contribution >= 0.6 is 34.8 Å². The number of aliphatic imine (C=N–C) groups is 1. The second-order valence-electron chi connectivity index (χ2n) is 9.60. The molecular weight excluding hydrogens is 597 g/mol. The Labute approximate surface area is 263 Å². The molecule has 42 heavy (non-hydrogen) atoms. The first kappa shape index (κ1) is 38.3. The minimum absolute atomic E-state index is 0.234. The fourth-order valence-electron chi connectivity index (χ4n) is 3.32. The van der Waals surface area contributed by atoms with Crippen LogP contribution in [0.4, 0.5) is 5.69 Å². The minimum Gasteiger partial charge on any atom is -0.483 e. The van der Waals surface area contributed by atoms with E-state index in [9.17, 15) is 4.79 Å². The molecule has 0 spiro atoms. The van der Waals surface area contributed by atoms with Gasteiger partial charge in [-0.15, -0.1) is 0 Å². The van der Waals surface area contributed by atoms with Gasteiger partial charge in [0.2, 0.25) is 0 Å². The van der Waals surface area contributed by atoms with E-state index in [1.807, 2.05) is 39.0 Å². The van der Waals surface area contributed by atoms with Gasteiger partial charge in [0.25, 0.3) is 12.4 Å². The standard InChI is InChI=1S/C17H13ClN2.C10H11Cl2NO.C4H10O.CH2O2/c1-4-13-11(2)5-7-15(17(13)20-3)14-8-6-12(10-19)9-16(14)18;1-3-13-10(14)9-7(11)4-6(2)5-8(9)12;1-4(2,3)5;2-1-3/h4-9H,1,3H2,2H3;4-5H,3H2,1-2H3,(H,13,14);5H,1-3H3;1H,(H,2,3). The average Bonchev–Trinajstić information content (AvgIpc) is 2.88. The number of nitrogens with zero attached hydrogens (tertiary/aromatic N) is 2. The van der Waals surface area contributed by atoms with Crippen molar-refractivity contribution in [3.8, 4) is 17.2 Å². The predicted molar refractivity (Wildman–Crippen MR) is 176 cm³/mol. The molecule has 3 aromatic carbocycles. The van der Waals surface area contributed by atoms with Gasteiger partial charge < -0.3 is 15.5 Å². The molecule has 3 N–H and O–H groups in total. The predicted octanol–water partition coefficient (Wildman–Crippen LogP) is 8.69. The maximum absolute atomic E-state index is 11.5. The number of carboxylic acid groups (broad SMARTS) is 1. The van der Waals surface area contributed by atoms with E-state index in [2.05, 4.69) is 29.7 Å². The highest BCUT2D eigenvalue weighted by atomic mass is 35.5. The molecule has 3 aromatic rings. The molecule has 0 aliphatic heterocycles. The van der Waals surface area contributed by atoms with Crippen LogP contribution in [0.1, 0.15) is 60.3 Å². The summed E-state index contributed by atoms with van der Waals surface area (Å²) >= 11 is 18.1. The number of nitriles is 1. The van der Waals surface area contributed by atoms with Crippen molar-refractivity contribution in [3.05, 3.63) is 91.9 Å². The quantitative estimate of drug-likeness (QED) is 0.192. The van der Waals surface area contributed by atoms with Gasteiger partial charge >= 0.3 is 0 Å². The number of carbonyl (C=O) groups is 2. The summed E-state index contributed by atoms with van der Waals surface area (Å²) in [6.07, 6.45) is 1.76. The van der Waals surface area contributed by atoms with Crippen LogP contribution < -0.4 is 5.32 Å². The van der Waals surface area contributed by atoms with E-state index >= 15 is 0 Å². The summed E-state index contributed by atoms with van der Waals surface area (Å²) in [5.41, 5.74) is 5.81. The summed E-state index contributed by atoms with van der Waals surface area (Å²) in [4.78, 5) is 24.0. The number of aryl methyl sites for hydroxylation is 2. The number of halogens is 3. The van der Waals surface area contributed by atoms with Crippen LogP contribution in [0.25, 0.3) is 17.2 Å². The number of rotatable bonds is 5. The van der Waals surface area contributed by atoms with Crippen molar-refractivity contribution in [2.24, 2.45) is 4.99 Å². The highest BCUT2D eigenvalue weighted by Gasteiger charge is 2.14. The van der Waals surface area contributed by atoms with E-state index in [1.54, 1.807) is 51.1 Å². The Morgan fingerprint density at radius 1 is 1.05 bits per heavy atom. The van der Waals surface area contributed by atoms with Crippen LogP contribution in [-0.4, -0.2) is 41.5 Å². The number of benzene rings is 3. The molecule has 0 saturated heterocycles. The van der Waals surface area contributed by atoms with Crippen molar-refractivity contribution < 1.29 is 19.8 Å². The van der Waals surface area contributed by atoms with Gasteiger partial charge in [-0.05, 0) is 83.7 Å². The maximum Gasteiger partial charge on any atom is 0.290 e. The first-order valence-electron chi connectivity index (χ1n) is 12.6. The molecule has 0 bridgehead atoms. The molecule has 1 amide bonds. The van der Waals surface area contributed by atoms with Gasteiger partial charge in [-0.2, -0.15) is 5.26 Å². The highest BCUT2D eigenvalue weighted by molar-refractivity contribution is 6.39. The van der Waals surface area contributed by atoms with Crippen LogP contribution in [0.5, 0.6) is 0 Å². The van der Waals surface area contributed by atoms with E-state index in [1.165, 1.54) is 0 Å². The molecule has 10 heteroatoms. The number of carbonyl (C=O) groups excluding carboxylic acids is 1. The topological polar surface area (TPSA) is 123 Å². The van der Waals surface area contributed by atoms with Crippen LogP contribution in [-0.2, 0) is 4.79 Å². The van der Waals surface area contributed by atoms with Gasteiger partial charge in [0.1, 0.15) is 0 Å². The molecule has 0 radical (unpaired) electrons. The Hall–Kier alpha value is -3.67. The Kier molecular flexibility index (Phi) is 17.1. The number of aliphatic hydroxyl groups is 1. The van der Waals surface area contributed by atoms with E-state index in [-0.39, 0.29) is 12.4 Å². The molecule has 0 fully saturated rings. The third-order valence-electron chi connectivity index (χ3n) is 4.94. The van der Waals surface area contributed by atoms with Gasteiger partial charge in [0.15, 0.2) is 0 Å². The van der Waals surface area contributed by atoms with E-state index in [4.69, 9.17) is 55.1 Å². The summed E-state index contributed by atoms with van der Waals surface area (Å²) in [6, 6.07) is 14.7. The van der Waals surface area contributed by atoms with Crippen molar-refractivity contribution in [1.29, 1.82) is 5.26 Å². The zero-order valence-electron chi connectivity index (χ0n) is 24.6. The van der Waals surface area contributed by atoms with E-state index in [0.29, 0.717) is 32.7 Å². The Morgan fingerprint density at radius 3 is 1.95 bits per heavy atom. The van der Waals surface area contributed by atoms with Gasteiger partial charge in [-0.1, -0.05) is 65.7 Å². The SMILES string of the molecule is C=Cc1c(C)ccc(-c2ccc(C#N)cc2Cl)c1N=C.CC(C)(C)O.CCNC(=O)c1c(Cl)cc(C)cc1Cl.O=CO. The van der Waals surface area contributed by atoms with Crippen molar-refractivity contribution >= 4 is 65.7 Å². The lowest BCUT2D eigenvalue weighted by molar-refractivity contribution is -0.122. The molecule has 0 heterocycles. The summed E-state index contributed by atoms with van der Waals surface area (Å²) in [6.45, 7) is 18.7. The number of nitrogens with one attached hydrogen (secondary N) is 1. The van der Waals surface area contributed by atoms with Gasteiger partial charge in [0.05, 0.1) is 38.5 Å². The Balaban J connectivity index is 0.000000662. The molecular formula is C32H36Cl3N3O4. The summed E-state index contributed by atoms with van der Waals surface area (Å²) in [5, 5.41) is 28.3. The second-order valence-corrected chi connectivity index (χ2v) is 10.8. The van der Waals surface area contributed by atoms with Gasteiger partial charge in [-0.3, -0.25) is 14.6 Å². The molecule has 0 aliphatic rings. The molecule has 7 nitrogen and oxygen atoms in total. The third kappa shape index (κ3) is 12.9. The first-order valence-corrected chi connectivity index (χ1v) is 13.7. The van der Waals surface area contributed by atoms with E-state index in [0.717, 1.165) is 33.5 Å². The van der Waals surface area contributed by atoms with Crippen LogP contribution in [0, 0.1) is 25.2 Å². The smallest absolute Gasteiger partial charge is 0.290 e. The van der Waals surface area contributed by atoms with Crippen molar-refractivity contribution in [3.63, 3.8) is 0 Å². The number of amides is 1. The third-order valence-corrected chi connectivity index (χ3v) is 5.85. The van der Waals surface area contributed by atoms with Gasteiger partial charge in [0, 0.05) is 28.3 Å². The second kappa shape index (κ2) is 18.7. The van der Waals surface area contributed by atoms with Crippen LogP contribution in [0.2, 0.25) is 15.1 Å². The zero-order chi connectivity index (χ0) is 32.6. The van der Waals surface area contributed by atoms with Crippen LogP contribution in [0.15, 0.2) is 54.0 Å². The molecule has 0 atom stereocenters. The first-order chi connectivity index (χ1) is 19.6. The van der Waals surface area contributed by atoms with Crippen molar-refractivity contribution in [1.82, 2.24) is 5.32 Å². The molecule has 224 valence electrons. The fourth-order valence-corrected chi connectivity index (χ4v) is 4.37. The highest BCUT2D eigenvalue weighted by Crippen LogP contribution is 2.39. The Bertz CT molecular complexity index is 1410. The fraction of sp³-hybridized carbons (Fsp3) is 0.250.